The summed E-state index contributed by atoms with van der Waals surface area (Å²) in [6.07, 6.45) is 6.33. The number of rotatable bonds is 4. The van der Waals surface area contributed by atoms with Gasteiger partial charge in [-0.2, -0.15) is 0 Å². The van der Waals surface area contributed by atoms with Gasteiger partial charge in [0.1, 0.15) is 21.9 Å². The Morgan fingerprint density at radius 2 is 1.93 bits per heavy atom. The van der Waals surface area contributed by atoms with Crippen LogP contribution in [0.3, 0.4) is 0 Å². The normalized spacial score (nSPS) is 13.7. The van der Waals surface area contributed by atoms with Crippen LogP contribution in [0.5, 0.6) is 5.75 Å². The second-order valence-electron chi connectivity index (χ2n) is 6.27. The zero-order chi connectivity index (χ0) is 18.2. The smallest absolute Gasteiger partial charge is 0.283 e. The maximum Gasteiger partial charge on any atom is 0.283 e. The molecule has 0 fully saturated rings. The Morgan fingerprint density at radius 3 is 2.78 bits per heavy atom. The summed E-state index contributed by atoms with van der Waals surface area (Å²) in [5.41, 5.74) is 2.26. The van der Waals surface area contributed by atoms with Crippen LogP contribution in [-0.4, -0.2) is 27.3 Å². The van der Waals surface area contributed by atoms with Crippen LogP contribution in [0.4, 0.5) is 0 Å². The Kier molecular flexibility index (Phi) is 4.29. The standard InChI is InChI=1S/C19H16N4O2S2/c1-24-12-8-6-11(7-9-12)16-22-23-19(25-16)27-18-15-13-4-2-3-5-14(13)26-17(15)20-10-21-18/h6-10H,2-5H2,1H3. The molecule has 1 aromatic carbocycles. The topological polar surface area (TPSA) is 73.9 Å². The Hall–Kier alpha value is -2.45. The quantitative estimate of drug-likeness (QED) is 0.460. The van der Waals surface area contributed by atoms with E-state index in [-0.39, 0.29) is 0 Å². The van der Waals surface area contributed by atoms with Crippen molar-refractivity contribution in [1.29, 1.82) is 0 Å². The molecule has 0 radical (unpaired) electrons. The minimum Gasteiger partial charge on any atom is -0.497 e. The molecule has 0 saturated heterocycles. The van der Waals surface area contributed by atoms with Gasteiger partial charge in [0.2, 0.25) is 5.89 Å². The molecule has 8 heteroatoms. The molecule has 0 N–H and O–H groups in total. The summed E-state index contributed by atoms with van der Waals surface area (Å²) >= 11 is 3.20. The summed E-state index contributed by atoms with van der Waals surface area (Å²) in [7, 11) is 1.64. The highest BCUT2D eigenvalue weighted by atomic mass is 32.2. The van der Waals surface area contributed by atoms with Gasteiger partial charge in [-0.3, -0.25) is 0 Å². The van der Waals surface area contributed by atoms with E-state index in [2.05, 4.69) is 20.2 Å². The summed E-state index contributed by atoms with van der Waals surface area (Å²) in [5.74, 6) is 1.27. The van der Waals surface area contributed by atoms with Gasteiger partial charge in [0.15, 0.2) is 0 Å². The third-order valence-electron chi connectivity index (χ3n) is 4.64. The van der Waals surface area contributed by atoms with E-state index in [1.54, 1.807) is 24.8 Å². The van der Waals surface area contributed by atoms with Crippen LogP contribution in [0, 0.1) is 0 Å². The molecule has 0 bridgehead atoms. The third-order valence-corrected chi connectivity index (χ3v) is 6.69. The lowest BCUT2D eigenvalue weighted by molar-refractivity contribution is 0.414. The Labute approximate surface area is 164 Å². The van der Waals surface area contributed by atoms with Crippen molar-refractivity contribution in [3.63, 3.8) is 0 Å². The minimum absolute atomic E-state index is 0.483. The number of aryl methyl sites for hydroxylation is 2. The molecule has 3 heterocycles. The zero-order valence-corrected chi connectivity index (χ0v) is 16.3. The molecule has 0 atom stereocenters. The van der Waals surface area contributed by atoms with Gasteiger partial charge in [0, 0.05) is 15.8 Å². The maximum atomic E-state index is 5.86. The first kappa shape index (κ1) is 16.7. The predicted molar refractivity (Wildman–Crippen MR) is 104 cm³/mol. The van der Waals surface area contributed by atoms with Gasteiger partial charge >= 0.3 is 0 Å². The van der Waals surface area contributed by atoms with Crippen molar-refractivity contribution in [3.8, 4) is 17.2 Å². The fourth-order valence-corrected chi connectivity index (χ4v) is 5.41. The average molecular weight is 396 g/mol. The van der Waals surface area contributed by atoms with Crippen molar-refractivity contribution in [2.24, 2.45) is 0 Å². The van der Waals surface area contributed by atoms with E-state index in [4.69, 9.17) is 9.15 Å². The van der Waals surface area contributed by atoms with Gasteiger partial charge in [-0.05, 0) is 67.3 Å². The van der Waals surface area contributed by atoms with Crippen molar-refractivity contribution in [1.82, 2.24) is 20.2 Å². The van der Waals surface area contributed by atoms with E-state index < -0.39 is 0 Å². The molecule has 1 aliphatic rings. The lowest BCUT2D eigenvalue weighted by Gasteiger charge is -2.10. The third kappa shape index (κ3) is 3.08. The molecule has 5 rings (SSSR count). The summed E-state index contributed by atoms with van der Waals surface area (Å²) in [5, 5.41) is 10.9. The minimum atomic E-state index is 0.483. The number of ether oxygens (including phenoxy) is 1. The van der Waals surface area contributed by atoms with Crippen molar-refractivity contribution < 1.29 is 9.15 Å². The first-order chi connectivity index (χ1) is 13.3. The molecule has 136 valence electrons. The molecule has 4 aromatic rings. The molecule has 1 aliphatic carbocycles. The molecule has 0 spiro atoms. The number of fused-ring (bicyclic) bond motifs is 3. The molecule has 0 saturated carbocycles. The van der Waals surface area contributed by atoms with E-state index in [0.29, 0.717) is 11.1 Å². The predicted octanol–water partition coefficient (Wildman–Crippen LogP) is 4.78. The van der Waals surface area contributed by atoms with Crippen LogP contribution in [0.15, 0.2) is 45.3 Å². The van der Waals surface area contributed by atoms with E-state index in [1.165, 1.54) is 35.0 Å². The monoisotopic (exact) mass is 396 g/mol. The van der Waals surface area contributed by atoms with Gasteiger partial charge < -0.3 is 9.15 Å². The number of nitrogens with zero attached hydrogens (tertiary/aromatic N) is 4. The Bertz CT molecular complexity index is 1100. The highest BCUT2D eigenvalue weighted by Gasteiger charge is 2.21. The number of aromatic nitrogens is 4. The fourth-order valence-electron chi connectivity index (χ4n) is 3.32. The Morgan fingerprint density at radius 1 is 1.07 bits per heavy atom. The van der Waals surface area contributed by atoms with E-state index in [9.17, 15) is 0 Å². The van der Waals surface area contributed by atoms with Gasteiger partial charge in [0.05, 0.1) is 7.11 Å². The van der Waals surface area contributed by atoms with E-state index >= 15 is 0 Å². The second kappa shape index (κ2) is 6.94. The van der Waals surface area contributed by atoms with Crippen molar-refractivity contribution >= 4 is 33.3 Å². The first-order valence-electron chi connectivity index (χ1n) is 8.73. The number of hydrogen-bond acceptors (Lipinski definition) is 8. The summed E-state index contributed by atoms with van der Waals surface area (Å²) < 4.78 is 11.0. The largest absolute Gasteiger partial charge is 0.497 e. The zero-order valence-electron chi connectivity index (χ0n) is 14.6. The maximum absolute atomic E-state index is 5.86. The molecule has 0 amide bonds. The summed E-state index contributed by atoms with van der Waals surface area (Å²) in [6.45, 7) is 0. The number of methoxy groups -OCH3 is 1. The molecule has 6 nitrogen and oxygen atoms in total. The SMILES string of the molecule is COc1ccc(-c2nnc(Sc3ncnc4sc5c(c34)CCCC5)o2)cc1. The van der Waals surface area contributed by atoms with Crippen LogP contribution in [0.2, 0.25) is 0 Å². The van der Waals surface area contributed by atoms with Crippen molar-refractivity contribution in [3.05, 3.63) is 41.0 Å². The first-order valence-corrected chi connectivity index (χ1v) is 10.4. The van der Waals surface area contributed by atoms with E-state index in [1.807, 2.05) is 24.3 Å². The highest BCUT2D eigenvalue weighted by molar-refractivity contribution is 7.99. The molecule has 3 aromatic heterocycles. The van der Waals surface area contributed by atoms with Gasteiger partial charge in [-0.1, -0.05) is 0 Å². The van der Waals surface area contributed by atoms with Gasteiger partial charge in [-0.25, -0.2) is 9.97 Å². The number of thiophene rings is 1. The Balaban J connectivity index is 1.47. The lowest BCUT2D eigenvalue weighted by Crippen LogP contribution is -1.98. The lowest BCUT2D eigenvalue weighted by atomic mass is 9.97. The second-order valence-corrected chi connectivity index (χ2v) is 8.30. The average Bonchev–Trinajstić information content (AvgIpc) is 3.33. The van der Waals surface area contributed by atoms with Crippen LogP contribution in [0.25, 0.3) is 21.7 Å². The van der Waals surface area contributed by atoms with E-state index in [0.717, 1.165) is 39.4 Å². The van der Waals surface area contributed by atoms with Crippen LogP contribution < -0.4 is 4.74 Å². The highest BCUT2D eigenvalue weighted by Crippen LogP contribution is 2.41. The number of benzene rings is 1. The van der Waals surface area contributed by atoms with Gasteiger partial charge in [0.25, 0.3) is 5.22 Å². The fraction of sp³-hybridized carbons (Fsp3) is 0.263. The van der Waals surface area contributed by atoms with Gasteiger partial charge in [-0.15, -0.1) is 21.5 Å². The summed E-state index contributed by atoms with van der Waals surface area (Å²) in [6, 6.07) is 7.55. The molecule has 0 unspecified atom stereocenters. The molecule has 27 heavy (non-hydrogen) atoms. The molecular weight excluding hydrogens is 380 g/mol. The van der Waals surface area contributed by atoms with Crippen LogP contribution >= 0.6 is 23.1 Å². The molecule has 0 aliphatic heterocycles. The van der Waals surface area contributed by atoms with Crippen molar-refractivity contribution in [2.75, 3.05) is 7.11 Å². The molecular formula is C19H16N4O2S2. The van der Waals surface area contributed by atoms with Crippen molar-refractivity contribution in [2.45, 2.75) is 35.9 Å². The summed E-state index contributed by atoms with van der Waals surface area (Å²) in [4.78, 5) is 11.5. The number of hydrogen-bond donors (Lipinski definition) is 0. The van der Waals surface area contributed by atoms with Crippen LogP contribution in [-0.2, 0) is 12.8 Å². The van der Waals surface area contributed by atoms with Crippen LogP contribution in [0.1, 0.15) is 23.3 Å².